The number of ketones is 2. The Labute approximate surface area is 290 Å². The van der Waals surface area contributed by atoms with E-state index in [4.69, 9.17) is 22.9 Å². The number of anilines is 4. The van der Waals surface area contributed by atoms with Crippen molar-refractivity contribution in [2.45, 2.75) is 0 Å². The van der Waals surface area contributed by atoms with Gasteiger partial charge in [0.1, 0.15) is 0 Å². The highest BCUT2D eigenvalue weighted by atomic mass is 16.1. The van der Waals surface area contributed by atoms with Crippen LogP contribution in [0.3, 0.4) is 0 Å². The number of carbonyl (C=O) groups excluding carboxylic acids is 2. The first-order valence-electron chi connectivity index (χ1n) is 16.2. The zero-order valence-electron chi connectivity index (χ0n) is 27.1. The second kappa shape index (κ2) is 13.3. The highest BCUT2D eigenvalue weighted by Gasteiger charge is 2.22. The number of carbonyl (C=O) groups is 2. The van der Waals surface area contributed by atoms with E-state index < -0.39 is 0 Å². The lowest BCUT2D eigenvalue weighted by Gasteiger charge is -2.18. The first-order valence-corrected chi connectivity index (χ1v) is 16.2. The van der Waals surface area contributed by atoms with E-state index in [0.717, 1.165) is 33.4 Å². The molecule has 0 amide bonds. The predicted molar refractivity (Wildman–Crippen MR) is 206 cm³/mol. The van der Waals surface area contributed by atoms with E-state index in [2.05, 4.69) is 6.07 Å². The van der Waals surface area contributed by atoms with Gasteiger partial charge >= 0.3 is 0 Å². The molecule has 0 spiro atoms. The molecular formula is C44H34N4O2. The van der Waals surface area contributed by atoms with Crippen LogP contribution in [-0.4, -0.2) is 11.6 Å². The van der Waals surface area contributed by atoms with Crippen molar-refractivity contribution in [1.82, 2.24) is 0 Å². The number of rotatable bonds is 8. The van der Waals surface area contributed by atoms with Gasteiger partial charge in [0.2, 0.25) is 0 Å². The molecule has 0 atom stereocenters. The first kappa shape index (κ1) is 31.7. The molecule has 6 heteroatoms. The third-order valence-corrected chi connectivity index (χ3v) is 8.86. The van der Waals surface area contributed by atoms with E-state index in [1.54, 1.807) is 72.8 Å². The molecule has 0 aromatic heterocycles. The van der Waals surface area contributed by atoms with Crippen LogP contribution >= 0.6 is 0 Å². The number of benzene rings is 7. The molecule has 7 aromatic rings. The number of nitrogen functional groups attached to an aromatic ring is 4. The third-order valence-electron chi connectivity index (χ3n) is 8.86. The Morgan fingerprint density at radius 3 is 1.16 bits per heavy atom. The van der Waals surface area contributed by atoms with Gasteiger partial charge in [-0.3, -0.25) is 9.59 Å². The summed E-state index contributed by atoms with van der Waals surface area (Å²) in [6, 6.07) is 48.7. The van der Waals surface area contributed by atoms with Crippen molar-refractivity contribution in [1.29, 1.82) is 0 Å². The van der Waals surface area contributed by atoms with Crippen LogP contribution in [0.25, 0.3) is 44.5 Å². The molecule has 0 aliphatic rings. The maximum Gasteiger partial charge on any atom is 0.193 e. The van der Waals surface area contributed by atoms with Crippen molar-refractivity contribution < 1.29 is 9.59 Å². The summed E-state index contributed by atoms with van der Waals surface area (Å²) >= 11 is 0. The monoisotopic (exact) mass is 650 g/mol. The molecule has 0 aliphatic heterocycles. The molecule has 0 saturated heterocycles. The van der Waals surface area contributed by atoms with Crippen LogP contribution in [0.4, 0.5) is 22.7 Å². The van der Waals surface area contributed by atoms with Gasteiger partial charge in [-0.15, -0.1) is 0 Å². The van der Waals surface area contributed by atoms with E-state index in [-0.39, 0.29) is 11.6 Å². The summed E-state index contributed by atoms with van der Waals surface area (Å²) in [4.78, 5) is 27.7. The summed E-state index contributed by atoms with van der Waals surface area (Å²) in [6.07, 6.45) is 0. The molecule has 8 N–H and O–H groups in total. The topological polar surface area (TPSA) is 138 Å². The highest BCUT2D eigenvalue weighted by molar-refractivity contribution is 6.16. The SMILES string of the molecule is Nc1cccc(C(=O)c2cccc(N)c2-c2ccccc2-c2cccc(-c3ccccc3-c3c(N)cccc3C(=O)c3cccc(N)c3)c2)c1. The number of hydrogen-bond acceptors (Lipinski definition) is 6. The normalized spacial score (nSPS) is 10.9. The lowest BCUT2D eigenvalue weighted by Crippen LogP contribution is -2.07. The van der Waals surface area contributed by atoms with Crippen molar-refractivity contribution in [3.8, 4) is 44.5 Å². The lowest BCUT2D eigenvalue weighted by molar-refractivity contribution is 0.103. The summed E-state index contributed by atoms with van der Waals surface area (Å²) in [7, 11) is 0. The molecule has 6 nitrogen and oxygen atoms in total. The number of nitrogens with two attached hydrogens (primary N) is 4. The summed E-state index contributed by atoms with van der Waals surface area (Å²) in [5, 5.41) is 0. The van der Waals surface area contributed by atoms with Crippen LogP contribution in [0.2, 0.25) is 0 Å². The molecule has 0 fully saturated rings. The van der Waals surface area contributed by atoms with Crippen LogP contribution < -0.4 is 22.9 Å². The first-order chi connectivity index (χ1) is 24.3. The minimum Gasteiger partial charge on any atom is -0.399 e. The summed E-state index contributed by atoms with van der Waals surface area (Å²) in [5.41, 5.74) is 35.9. The fourth-order valence-corrected chi connectivity index (χ4v) is 6.55. The molecule has 7 aromatic carbocycles. The summed E-state index contributed by atoms with van der Waals surface area (Å²) in [5.74, 6) is -0.331. The van der Waals surface area contributed by atoms with Crippen LogP contribution in [0.1, 0.15) is 31.8 Å². The molecule has 0 radical (unpaired) electrons. The second-order valence-corrected chi connectivity index (χ2v) is 12.1. The minimum absolute atomic E-state index is 0.166. The molecule has 0 unspecified atom stereocenters. The summed E-state index contributed by atoms with van der Waals surface area (Å²) in [6.45, 7) is 0. The van der Waals surface area contributed by atoms with Gasteiger partial charge in [0.05, 0.1) is 0 Å². The van der Waals surface area contributed by atoms with Gasteiger partial charge in [-0.1, -0.05) is 115 Å². The van der Waals surface area contributed by atoms with E-state index >= 15 is 0 Å². The molecule has 242 valence electrons. The molecule has 0 saturated carbocycles. The smallest absolute Gasteiger partial charge is 0.193 e. The molecule has 50 heavy (non-hydrogen) atoms. The van der Waals surface area contributed by atoms with E-state index in [9.17, 15) is 9.59 Å². The predicted octanol–water partition coefficient (Wildman–Crippen LogP) is 9.15. The third kappa shape index (κ3) is 5.98. The van der Waals surface area contributed by atoms with Crippen molar-refractivity contribution in [3.63, 3.8) is 0 Å². The number of hydrogen-bond donors (Lipinski definition) is 4. The van der Waals surface area contributed by atoms with Crippen molar-refractivity contribution in [2.24, 2.45) is 0 Å². The highest BCUT2D eigenvalue weighted by Crippen LogP contribution is 2.42. The molecule has 7 rings (SSSR count). The molecule has 0 aliphatic carbocycles. The van der Waals surface area contributed by atoms with E-state index in [1.165, 1.54) is 0 Å². The largest absolute Gasteiger partial charge is 0.399 e. The van der Waals surface area contributed by atoms with Crippen molar-refractivity contribution in [2.75, 3.05) is 22.9 Å². The zero-order chi connectivity index (χ0) is 34.8. The van der Waals surface area contributed by atoms with Crippen molar-refractivity contribution in [3.05, 3.63) is 180 Å². The van der Waals surface area contributed by atoms with Gasteiger partial charge in [-0.25, -0.2) is 0 Å². The Bertz CT molecular complexity index is 2270. The Kier molecular flexibility index (Phi) is 8.42. The van der Waals surface area contributed by atoms with E-state index in [0.29, 0.717) is 56.1 Å². The standard InChI is InChI=1S/C44H34N4O2/c45-31-14-6-12-29(25-31)43(49)37-20-8-22-39(47)41(37)35-18-3-1-16-33(35)27-10-5-11-28(24-27)34-17-2-4-19-36(34)42-38(21-9-23-40(42)48)44(50)30-13-7-15-32(46)26-30/h1-26H,45-48H2. The van der Waals surface area contributed by atoms with Gasteiger partial charge in [0.25, 0.3) is 0 Å². The van der Waals surface area contributed by atoms with Gasteiger partial charge in [-0.05, 0) is 75.8 Å². The average Bonchev–Trinajstić information content (AvgIpc) is 3.14. The molecule has 0 heterocycles. The minimum atomic E-state index is -0.166. The van der Waals surface area contributed by atoms with Crippen LogP contribution in [0.15, 0.2) is 158 Å². The van der Waals surface area contributed by atoms with E-state index in [1.807, 2.05) is 78.9 Å². The Hall–Kier alpha value is -6.92. The van der Waals surface area contributed by atoms with Crippen LogP contribution in [0, 0.1) is 0 Å². The van der Waals surface area contributed by atoms with Crippen molar-refractivity contribution >= 4 is 34.3 Å². The Balaban J connectivity index is 1.35. The second-order valence-electron chi connectivity index (χ2n) is 12.1. The Morgan fingerprint density at radius 2 is 0.740 bits per heavy atom. The summed E-state index contributed by atoms with van der Waals surface area (Å²) < 4.78 is 0. The average molecular weight is 651 g/mol. The van der Waals surface area contributed by atoms with Crippen LogP contribution in [0.5, 0.6) is 0 Å². The van der Waals surface area contributed by atoms with Gasteiger partial charge in [0, 0.05) is 56.1 Å². The van der Waals surface area contributed by atoms with Gasteiger partial charge < -0.3 is 22.9 Å². The fourth-order valence-electron chi connectivity index (χ4n) is 6.55. The van der Waals surface area contributed by atoms with Crippen LogP contribution in [-0.2, 0) is 0 Å². The molecule has 0 bridgehead atoms. The fraction of sp³-hybridized carbons (Fsp3) is 0. The van der Waals surface area contributed by atoms with Gasteiger partial charge in [-0.2, -0.15) is 0 Å². The zero-order valence-corrected chi connectivity index (χ0v) is 27.1. The maximum absolute atomic E-state index is 13.9. The lowest BCUT2D eigenvalue weighted by atomic mass is 9.86. The van der Waals surface area contributed by atoms with Gasteiger partial charge in [0.15, 0.2) is 11.6 Å². The maximum atomic E-state index is 13.9. The molecular weight excluding hydrogens is 617 g/mol. The quantitative estimate of drug-likeness (QED) is 0.0956. The Morgan fingerprint density at radius 1 is 0.360 bits per heavy atom.